The Balaban J connectivity index is 1.41. The molecule has 8 heteroatoms. The minimum Gasteiger partial charge on any atom is -0.497 e. The lowest BCUT2D eigenvalue weighted by Gasteiger charge is -2.33. The van der Waals surface area contributed by atoms with Gasteiger partial charge in [0, 0.05) is 31.1 Å². The number of hydrogen-bond acceptors (Lipinski definition) is 5. The Kier molecular flexibility index (Phi) is 6.64. The van der Waals surface area contributed by atoms with Gasteiger partial charge in [0.25, 0.3) is 5.91 Å². The van der Waals surface area contributed by atoms with Crippen LogP contribution in [0.1, 0.15) is 20.1 Å². The van der Waals surface area contributed by atoms with Crippen LogP contribution in [0.5, 0.6) is 5.75 Å². The number of carbonyl (C=O) groups excluding carboxylic acids is 1. The van der Waals surface area contributed by atoms with Gasteiger partial charge >= 0.3 is 0 Å². The molecule has 1 saturated heterocycles. The van der Waals surface area contributed by atoms with Crippen LogP contribution in [0.2, 0.25) is 0 Å². The van der Waals surface area contributed by atoms with Crippen LogP contribution in [0.4, 0.5) is 0 Å². The number of carbonyl (C=O) groups is 1. The molecule has 1 fully saturated rings. The third-order valence-corrected chi connectivity index (χ3v) is 8.53. The molecule has 0 N–H and O–H groups in total. The number of aryl methyl sites for hydroxylation is 1. The summed E-state index contributed by atoms with van der Waals surface area (Å²) in [5.74, 6) is 0.730. The van der Waals surface area contributed by atoms with E-state index in [1.807, 2.05) is 67.6 Å². The maximum Gasteiger partial charge on any atom is 0.264 e. The number of thiophene rings is 1. The Morgan fingerprint density at radius 1 is 1.00 bits per heavy atom. The van der Waals surface area contributed by atoms with Crippen LogP contribution < -0.4 is 4.74 Å². The maximum absolute atomic E-state index is 13.1. The average molecular weight is 471 g/mol. The Morgan fingerprint density at radius 2 is 1.66 bits per heavy atom. The Hall–Kier alpha value is -2.68. The van der Waals surface area contributed by atoms with Crippen molar-refractivity contribution < 1.29 is 17.9 Å². The van der Waals surface area contributed by atoms with Crippen molar-refractivity contribution in [3.05, 3.63) is 76.0 Å². The highest BCUT2D eigenvalue weighted by Crippen LogP contribution is 2.33. The predicted octanol–water partition coefficient (Wildman–Crippen LogP) is 4.02. The smallest absolute Gasteiger partial charge is 0.264 e. The van der Waals surface area contributed by atoms with Gasteiger partial charge in [0.15, 0.2) is 0 Å². The third kappa shape index (κ3) is 4.87. The Labute approximate surface area is 193 Å². The SMILES string of the molecule is COc1ccc(-c2cc(C(=O)N3CCN(S(=O)(=O)Cc4ccccc4)CC3)sc2C)cc1. The van der Waals surface area contributed by atoms with Crippen molar-refractivity contribution in [3.63, 3.8) is 0 Å². The normalized spacial score (nSPS) is 15.0. The molecule has 4 rings (SSSR count). The summed E-state index contributed by atoms with van der Waals surface area (Å²) in [4.78, 5) is 16.6. The van der Waals surface area contributed by atoms with E-state index >= 15 is 0 Å². The Bertz CT molecular complexity index is 1180. The first-order chi connectivity index (χ1) is 15.4. The number of amides is 1. The van der Waals surface area contributed by atoms with E-state index in [9.17, 15) is 13.2 Å². The molecule has 0 bridgehead atoms. The van der Waals surface area contributed by atoms with Crippen LogP contribution in [-0.4, -0.2) is 56.8 Å². The van der Waals surface area contributed by atoms with Crippen molar-refractivity contribution >= 4 is 27.3 Å². The molecule has 2 heterocycles. The highest BCUT2D eigenvalue weighted by atomic mass is 32.2. The summed E-state index contributed by atoms with van der Waals surface area (Å²) in [6, 6.07) is 18.9. The zero-order chi connectivity index (χ0) is 22.7. The summed E-state index contributed by atoms with van der Waals surface area (Å²) in [5, 5.41) is 0. The number of sulfonamides is 1. The van der Waals surface area contributed by atoms with E-state index in [0.717, 1.165) is 27.3 Å². The number of hydrogen-bond donors (Lipinski definition) is 0. The third-order valence-electron chi connectivity index (χ3n) is 5.64. The fraction of sp³-hybridized carbons (Fsp3) is 0.292. The van der Waals surface area contributed by atoms with Gasteiger partial charge in [-0.05, 0) is 41.8 Å². The van der Waals surface area contributed by atoms with Gasteiger partial charge in [0.05, 0.1) is 17.7 Å². The summed E-state index contributed by atoms with van der Waals surface area (Å²) in [6.07, 6.45) is 0. The number of rotatable bonds is 6. The van der Waals surface area contributed by atoms with Gasteiger partial charge in [-0.2, -0.15) is 4.31 Å². The summed E-state index contributed by atoms with van der Waals surface area (Å²) >= 11 is 1.47. The predicted molar refractivity (Wildman–Crippen MR) is 128 cm³/mol. The van der Waals surface area contributed by atoms with Crippen LogP contribution in [-0.2, 0) is 15.8 Å². The second-order valence-corrected chi connectivity index (χ2v) is 11.0. The zero-order valence-corrected chi connectivity index (χ0v) is 19.8. The van der Waals surface area contributed by atoms with Gasteiger partial charge in [-0.25, -0.2) is 8.42 Å². The minimum absolute atomic E-state index is 0.0167. The van der Waals surface area contributed by atoms with Gasteiger partial charge in [0.1, 0.15) is 5.75 Å². The van der Waals surface area contributed by atoms with E-state index in [4.69, 9.17) is 4.74 Å². The lowest BCUT2D eigenvalue weighted by molar-refractivity contribution is 0.0702. The van der Waals surface area contributed by atoms with Gasteiger partial charge < -0.3 is 9.64 Å². The first-order valence-electron chi connectivity index (χ1n) is 10.4. The second kappa shape index (κ2) is 9.44. The van der Waals surface area contributed by atoms with Crippen LogP contribution >= 0.6 is 11.3 Å². The second-order valence-electron chi connectivity index (χ2n) is 7.74. The summed E-state index contributed by atoms with van der Waals surface area (Å²) in [6.45, 7) is 3.42. The van der Waals surface area contributed by atoms with Crippen molar-refractivity contribution in [2.45, 2.75) is 12.7 Å². The molecule has 0 radical (unpaired) electrons. The molecule has 168 valence electrons. The minimum atomic E-state index is -3.41. The summed E-state index contributed by atoms with van der Waals surface area (Å²) < 4.78 is 32.2. The number of piperazine rings is 1. The Morgan fingerprint density at radius 3 is 2.28 bits per heavy atom. The van der Waals surface area contributed by atoms with Crippen molar-refractivity contribution in [1.29, 1.82) is 0 Å². The van der Waals surface area contributed by atoms with E-state index < -0.39 is 10.0 Å². The standard InChI is InChI=1S/C24H26N2O4S2/c1-18-22(20-8-10-21(30-2)11-9-20)16-23(31-18)24(27)25-12-14-26(15-13-25)32(28,29)17-19-6-4-3-5-7-19/h3-11,16H,12-15,17H2,1-2H3. The van der Waals surface area contributed by atoms with Crippen LogP contribution in [0.15, 0.2) is 60.7 Å². The molecule has 0 atom stereocenters. The average Bonchev–Trinajstić information content (AvgIpc) is 3.20. The topological polar surface area (TPSA) is 66.9 Å². The molecule has 32 heavy (non-hydrogen) atoms. The lowest BCUT2D eigenvalue weighted by Crippen LogP contribution is -2.50. The van der Waals surface area contributed by atoms with E-state index in [1.165, 1.54) is 15.6 Å². The fourth-order valence-corrected chi connectivity index (χ4v) is 6.37. The van der Waals surface area contributed by atoms with Crippen molar-refractivity contribution in [3.8, 4) is 16.9 Å². The van der Waals surface area contributed by atoms with E-state index in [2.05, 4.69) is 0 Å². The molecule has 6 nitrogen and oxygen atoms in total. The first-order valence-corrected chi connectivity index (χ1v) is 12.9. The molecular formula is C24H26N2O4S2. The monoisotopic (exact) mass is 470 g/mol. The highest BCUT2D eigenvalue weighted by molar-refractivity contribution is 7.88. The van der Waals surface area contributed by atoms with Crippen molar-refractivity contribution in [1.82, 2.24) is 9.21 Å². The highest BCUT2D eigenvalue weighted by Gasteiger charge is 2.30. The van der Waals surface area contributed by atoms with Gasteiger partial charge in [-0.3, -0.25) is 4.79 Å². The molecule has 2 aromatic carbocycles. The van der Waals surface area contributed by atoms with Gasteiger partial charge in [0.2, 0.25) is 10.0 Å². The molecule has 0 unspecified atom stereocenters. The molecule has 1 aromatic heterocycles. The largest absolute Gasteiger partial charge is 0.497 e. The van der Waals surface area contributed by atoms with Crippen LogP contribution in [0, 0.1) is 6.92 Å². The molecule has 1 aliphatic rings. The van der Waals surface area contributed by atoms with Crippen molar-refractivity contribution in [2.24, 2.45) is 0 Å². The zero-order valence-electron chi connectivity index (χ0n) is 18.2. The molecular weight excluding hydrogens is 444 g/mol. The van der Waals surface area contributed by atoms with Crippen molar-refractivity contribution in [2.75, 3.05) is 33.3 Å². The van der Waals surface area contributed by atoms with E-state index in [1.54, 1.807) is 12.0 Å². The quantitative estimate of drug-likeness (QED) is 0.546. The molecule has 1 amide bonds. The summed E-state index contributed by atoms with van der Waals surface area (Å²) in [7, 11) is -1.77. The maximum atomic E-state index is 13.1. The fourth-order valence-electron chi connectivity index (χ4n) is 3.85. The van der Waals surface area contributed by atoms with Gasteiger partial charge in [-0.1, -0.05) is 42.5 Å². The molecule has 1 aliphatic heterocycles. The van der Waals surface area contributed by atoms with Crippen LogP contribution in [0.3, 0.4) is 0 Å². The molecule has 0 saturated carbocycles. The summed E-state index contributed by atoms with van der Waals surface area (Å²) in [5.41, 5.74) is 2.84. The number of methoxy groups -OCH3 is 1. The van der Waals surface area contributed by atoms with E-state index in [-0.39, 0.29) is 11.7 Å². The number of benzene rings is 2. The lowest BCUT2D eigenvalue weighted by atomic mass is 10.1. The van der Waals surface area contributed by atoms with Crippen LogP contribution in [0.25, 0.3) is 11.1 Å². The molecule has 3 aromatic rings. The number of nitrogens with zero attached hydrogens (tertiary/aromatic N) is 2. The van der Waals surface area contributed by atoms with Gasteiger partial charge in [-0.15, -0.1) is 11.3 Å². The first kappa shape index (κ1) is 22.5. The molecule has 0 spiro atoms. The van der Waals surface area contributed by atoms with E-state index in [0.29, 0.717) is 31.1 Å². The number of ether oxygens (including phenoxy) is 1. The molecule has 0 aliphatic carbocycles.